The number of hydrogen-bond donors (Lipinski definition) is 1. The fourth-order valence-corrected chi connectivity index (χ4v) is 1.79. The van der Waals surface area contributed by atoms with Crippen LogP contribution in [0.4, 0.5) is 0 Å². The summed E-state index contributed by atoms with van der Waals surface area (Å²) in [6.07, 6.45) is 6.74. The van der Waals surface area contributed by atoms with Crippen LogP contribution >= 0.6 is 0 Å². The van der Waals surface area contributed by atoms with Gasteiger partial charge in [0, 0.05) is 18.5 Å². The van der Waals surface area contributed by atoms with Crippen molar-refractivity contribution < 1.29 is 9.84 Å². The van der Waals surface area contributed by atoms with Crippen molar-refractivity contribution in [3.8, 4) is 11.5 Å². The maximum atomic E-state index is 9.35. The summed E-state index contributed by atoms with van der Waals surface area (Å²) in [5.74, 6) is 0.747. The molecule has 0 amide bonds. The Bertz CT molecular complexity index is 714. The highest BCUT2D eigenvalue weighted by Crippen LogP contribution is 2.18. The van der Waals surface area contributed by atoms with Gasteiger partial charge in [0.2, 0.25) is 0 Å². The Labute approximate surface area is 120 Å². The van der Waals surface area contributed by atoms with Crippen LogP contribution in [0.5, 0.6) is 11.5 Å². The van der Waals surface area contributed by atoms with Gasteiger partial charge < -0.3 is 9.84 Å². The summed E-state index contributed by atoms with van der Waals surface area (Å²) in [5.41, 5.74) is 1.50. The van der Waals surface area contributed by atoms with E-state index in [2.05, 4.69) is 20.3 Å². The van der Waals surface area contributed by atoms with Crippen LogP contribution in [0.1, 0.15) is 11.4 Å². The van der Waals surface area contributed by atoms with Gasteiger partial charge in [-0.3, -0.25) is 9.97 Å². The molecule has 2 heterocycles. The van der Waals surface area contributed by atoms with Crippen molar-refractivity contribution in [2.75, 3.05) is 0 Å². The lowest BCUT2D eigenvalue weighted by Crippen LogP contribution is -2.02. The fraction of sp³-hybridized carbons (Fsp3) is 0.143. The van der Waals surface area contributed by atoms with Crippen LogP contribution in [0, 0.1) is 0 Å². The molecule has 0 bridgehead atoms. The Hall–Kier alpha value is -2.96. The second-order valence-electron chi connectivity index (χ2n) is 4.39. The average Bonchev–Trinajstić information content (AvgIpc) is 2.94. The minimum absolute atomic E-state index is 0.166. The van der Waals surface area contributed by atoms with E-state index in [1.54, 1.807) is 53.7 Å². The van der Waals surface area contributed by atoms with E-state index < -0.39 is 0 Å². The van der Waals surface area contributed by atoms with Gasteiger partial charge in [0.1, 0.15) is 23.8 Å². The largest absolute Gasteiger partial charge is 0.508 e. The normalized spacial score (nSPS) is 10.5. The van der Waals surface area contributed by atoms with Crippen LogP contribution in [0.25, 0.3) is 0 Å². The SMILES string of the molecule is Oc1cccc(OCc2cn(Cc3cnccn3)nn2)c1. The van der Waals surface area contributed by atoms with Crippen LogP contribution in [0.15, 0.2) is 49.1 Å². The molecule has 0 aliphatic carbocycles. The molecule has 3 aromatic rings. The van der Waals surface area contributed by atoms with Gasteiger partial charge >= 0.3 is 0 Å². The summed E-state index contributed by atoms with van der Waals surface area (Å²) in [6, 6.07) is 6.62. The number of phenolic OH excluding ortho intramolecular Hbond substituents is 1. The van der Waals surface area contributed by atoms with Crippen LogP contribution in [0.3, 0.4) is 0 Å². The van der Waals surface area contributed by atoms with Crippen molar-refractivity contribution in [3.05, 3.63) is 60.4 Å². The number of aromatic nitrogens is 5. The minimum atomic E-state index is 0.166. The molecule has 7 heteroatoms. The lowest BCUT2D eigenvalue weighted by molar-refractivity contribution is 0.299. The first-order valence-electron chi connectivity index (χ1n) is 6.35. The number of aromatic hydroxyl groups is 1. The monoisotopic (exact) mass is 283 g/mol. The van der Waals surface area contributed by atoms with Gasteiger partial charge in [0.05, 0.1) is 24.6 Å². The smallest absolute Gasteiger partial charge is 0.134 e. The highest BCUT2D eigenvalue weighted by Gasteiger charge is 2.04. The number of phenols is 1. The quantitative estimate of drug-likeness (QED) is 0.761. The van der Waals surface area contributed by atoms with Crippen molar-refractivity contribution in [3.63, 3.8) is 0 Å². The fourth-order valence-electron chi connectivity index (χ4n) is 1.79. The molecule has 1 N–H and O–H groups in total. The number of hydrogen-bond acceptors (Lipinski definition) is 6. The maximum Gasteiger partial charge on any atom is 0.134 e. The Balaban J connectivity index is 1.60. The summed E-state index contributed by atoms with van der Waals surface area (Å²) >= 11 is 0. The Morgan fingerprint density at radius 2 is 2.14 bits per heavy atom. The second kappa shape index (κ2) is 6.00. The zero-order valence-electron chi connectivity index (χ0n) is 11.1. The highest BCUT2D eigenvalue weighted by atomic mass is 16.5. The number of benzene rings is 1. The van der Waals surface area contributed by atoms with Gasteiger partial charge in [-0.2, -0.15) is 0 Å². The van der Waals surface area contributed by atoms with Gasteiger partial charge in [0.15, 0.2) is 0 Å². The summed E-state index contributed by atoms with van der Waals surface area (Å²) in [7, 11) is 0. The molecule has 2 aromatic heterocycles. The van der Waals surface area contributed by atoms with Crippen LogP contribution in [-0.4, -0.2) is 30.1 Å². The maximum absolute atomic E-state index is 9.35. The Morgan fingerprint density at radius 1 is 1.19 bits per heavy atom. The lowest BCUT2D eigenvalue weighted by Gasteiger charge is -2.03. The minimum Gasteiger partial charge on any atom is -0.508 e. The van der Waals surface area contributed by atoms with E-state index in [4.69, 9.17) is 4.74 Å². The van der Waals surface area contributed by atoms with Crippen molar-refractivity contribution >= 4 is 0 Å². The van der Waals surface area contributed by atoms with E-state index >= 15 is 0 Å². The van der Waals surface area contributed by atoms with Crippen molar-refractivity contribution in [2.45, 2.75) is 13.2 Å². The second-order valence-corrected chi connectivity index (χ2v) is 4.39. The third-order valence-corrected chi connectivity index (χ3v) is 2.73. The van der Waals surface area contributed by atoms with E-state index in [9.17, 15) is 5.11 Å². The third-order valence-electron chi connectivity index (χ3n) is 2.73. The Morgan fingerprint density at radius 3 is 2.95 bits per heavy atom. The molecule has 0 saturated heterocycles. The Kier molecular flexibility index (Phi) is 3.72. The molecule has 1 aromatic carbocycles. The average molecular weight is 283 g/mol. The summed E-state index contributed by atoms with van der Waals surface area (Å²) in [5, 5.41) is 17.4. The predicted octanol–water partition coefficient (Wildman–Crippen LogP) is 1.40. The molecule has 3 rings (SSSR count). The molecule has 0 aliphatic heterocycles. The van der Waals surface area contributed by atoms with Crippen molar-refractivity contribution in [1.82, 2.24) is 25.0 Å². The summed E-state index contributed by atoms with van der Waals surface area (Å²) in [4.78, 5) is 8.18. The number of nitrogens with zero attached hydrogens (tertiary/aromatic N) is 5. The van der Waals surface area contributed by atoms with Crippen molar-refractivity contribution in [2.24, 2.45) is 0 Å². The van der Waals surface area contributed by atoms with Gasteiger partial charge in [-0.05, 0) is 12.1 Å². The van der Waals surface area contributed by atoms with Gasteiger partial charge in [-0.25, -0.2) is 4.68 Å². The van der Waals surface area contributed by atoms with Crippen molar-refractivity contribution in [1.29, 1.82) is 0 Å². The van der Waals surface area contributed by atoms with Gasteiger partial charge in [0.25, 0.3) is 0 Å². The molecule has 0 atom stereocenters. The summed E-state index contributed by atoms with van der Waals surface area (Å²) < 4.78 is 7.20. The first kappa shape index (κ1) is 13.0. The van der Waals surface area contributed by atoms with E-state index in [1.165, 1.54) is 0 Å². The van der Waals surface area contributed by atoms with Crippen LogP contribution < -0.4 is 4.74 Å². The lowest BCUT2D eigenvalue weighted by atomic mass is 10.3. The number of ether oxygens (including phenoxy) is 1. The zero-order chi connectivity index (χ0) is 14.5. The predicted molar refractivity (Wildman–Crippen MR) is 73.6 cm³/mol. The molecule has 21 heavy (non-hydrogen) atoms. The number of rotatable bonds is 5. The van der Waals surface area contributed by atoms with E-state index in [-0.39, 0.29) is 12.4 Å². The van der Waals surface area contributed by atoms with Crippen LogP contribution in [-0.2, 0) is 13.2 Å². The first-order chi connectivity index (χ1) is 10.3. The molecule has 106 valence electrons. The van der Waals surface area contributed by atoms with E-state index in [0.717, 1.165) is 5.69 Å². The molecule has 0 fully saturated rings. The molecular weight excluding hydrogens is 270 g/mol. The molecule has 0 aliphatic rings. The zero-order valence-corrected chi connectivity index (χ0v) is 11.1. The molecule has 7 nitrogen and oxygen atoms in total. The topological polar surface area (TPSA) is 86.0 Å². The first-order valence-corrected chi connectivity index (χ1v) is 6.35. The molecule has 0 unspecified atom stereocenters. The summed E-state index contributed by atoms with van der Waals surface area (Å²) in [6.45, 7) is 0.789. The van der Waals surface area contributed by atoms with Crippen LogP contribution in [0.2, 0.25) is 0 Å². The molecule has 0 saturated carbocycles. The standard InChI is InChI=1S/C14H13N5O2/c20-13-2-1-3-14(6-13)21-10-12-9-19(18-17-12)8-11-7-15-4-5-16-11/h1-7,9,20H,8,10H2. The van der Waals surface area contributed by atoms with Gasteiger partial charge in [-0.15, -0.1) is 5.10 Å². The third kappa shape index (κ3) is 3.53. The molecule has 0 spiro atoms. The van der Waals surface area contributed by atoms with Gasteiger partial charge in [-0.1, -0.05) is 11.3 Å². The highest BCUT2D eigenvalue weighted by molar-refractivity contribution is 5.31. The molecular formula is C14H13N5O2. The van der Waals surface area contributed by atoms with E-state index in [1.807, 2.05) is 0 Å². The van der Waals surface area contributed by atoms with E-state index in [0.29, 0.717) is 18.0 Å². The molecule has 0 radical (unpaired) electrons.